The van der Waals surface area contributed by atoms with E-state index in [4.69, 9.17) is 14.5 Å². The van der Waals surface area contributed by atoms with Gasteiger partial charge >= 0.3 is 6.09 Å². The number of carbonyl (C=O) groups is 1. The summed E-state index contributed by atoms with van der Waals surface area (Å²) in [7, 11) is 1.69. The van der Waals surface area contributed by atoms with Crippen LogP contribution < -0.4 is 5.32 Å². The Bertz CT molecular complexity index is 959. The van der Waals surface area contributed by atoms with Crippen molar-refractivity contribution in [3.05, 3.63) is 36.3 Å². The minimum Gasteiger partial charge on any atom is -0.444 e. The van der Waals surface area contributed by atoms with E-state index in [9.17, 15) is 4.79 Å². The van der Waals surface area contributed by atoms with Crippen LogP contribution in [0, 0.1) is 0 Å². The van der Waals surface area contributed by atoms with Crippen molar-refractivity contribution in [2.24, 2.45) is 0 Å². The standard InChI is InChI=1S/C21H28N4O3/c1-21(2,3)28-20(26)22-11-7-12-25-18(10-13-27-4)24-17-14-23-16-9-6-5-8-15(16)19(17)25/h5-6,8-9,14H,7,10-13H2,1-4H3,(H,22,26). The molecule has 0 atom stereocenters. The summed E-state index contributed by atoms with van der Waals surface area (Å²) in [5.41, 5.74) is 2.41. The molecule has 7 heteroatoms. The van der Waals surface area contributed by atoms with E-state index < -0.39 is 11.7 Å². The van der Waals surface area contributed by atoms with Gasteiger partial charge in [-0.15, -0.1) is 0 Å². The lowest BCUT2D eigenvalue weighted by molar-refractivity contribution is 0.0526. The highest BCUT2D eigenvalue weighted by molar-refractivity contribution is 6.02. The number of pyridine rings is 1. The summed E-state index contributed by atoms with van der Waals surface area (Å²) in [5.74, 6) is 0.965. The van der Waals surface area contributed by atoms with Crippen LogP contribution in [-0.4, -0.2) is 46.5 Å². The van der Waals surface area contributed by atoms with Gasteiger partial charge in [-0.3, -0.25) is 4.98 Å². The van der Waals surface area contributed by atoms with Gasteiger partial charge in [0.2, 0.25) is 0 Å². The number of carbonyl (C=O) groups excluding carboxylic acids is 1. The number of methoxy groups -OCH3 is 1. The molecule has 1 N–H and O–H groups in total. The van der Waals surface area contributed by atoms with Crippen LogP contribution in [0.5, 0.6) is 0 Å². The number of imidazole rings is 1. The number of hydrogen-bond donors (Lipinski definition) is 1. The molecular formula is C21H28N4O3. The Morgan fingerprint density at radius 3 is 2.75 bits per heavy atom. The lowest BCUT2D eigenvalue weighted by Gasteiger charge is -2.19. The lowest BCUT2D eigenvalue weighted by atomic mass is 10.2. The summed E-state index contributed by atoms with van der Waals surface area (Å²) in [6.45, 7) is 7.42. The maximum Gasteiger partial charge on any atom is 0.407 e. The van der Waals surface area contributed by atoms with Crippen LogP contribution in [0.3, 0.4) is 0 Å². The second-order valence-electron chi connectivity index (χ2n) is 7.71. The molecule has 0 aliphatic carbocycles. The lowest BCUT2D eigenvalue weighted by Crippen LogP contribution is -2.33. The van der Waals surface area contributed by atoms with Gasteiger partial charge in [-0.05, 0) is 33.3 Å². The van der Waals surface area contributed by atoms with Crippen LogP contribution in [0.25, 0.3) is 21.9 Å². The third-order valence-electron chi connectivity index (χ3n) is 4.32. The number of fused-ring (bicyclic) bond motifs is 3. The Hall–Kier alpha value is -2.67. The first-order valence-corrected chi connectivity index (χ1v) is 9.57. The average molecular weight is 384 g/mol. The van der Waals surface area contributed by atoms with Gasteiger partial charge in [0.05, 0.1) is 23.8 Å². The average Bonchev–Trinajstić information content (AvgIpc) is 3.00. The second-order valence-corrected chi connectivity index (χ2v) is 7.71. The van der Waals surface area contributed by atoms with Crippen molar-refractivity contribution in [2.75, 3.05) is 20.3 Å². The molecular weight excluding hydrogens is 356 g/mol. The minimum absolute atomic E-state index is 0.391. The van der Waals surface area contributed by atoms with Crippen molar-refractivity contribution in [2.45, 2.75) is 45.8 Å². The number of rotatable bonds is 7. The summed E-state index contributed by atoms with van der Waals surface area (Å²) < 4.78 is 12.7. The zero-order chi connectivity index (χ0) is 20.1. The van der Waals surface area contributed by atoms with Crippen LogP contribution in [0.15, 0.2) is 30.5 Å². The number of amides is 1. The van der Waals surface area contributed by atoms with E-state index >= 15 is 0 Å². The third-order valence-corrected chi connectivity index (χ3v) is 4.32. The molecule has 1 amide bonds. The monoisotopic (exact) mass is 384 g/mol. The molecule has 28 heavy (non-hydrogen) atoms. The summed E-state index contributed by atoms with van der Waals surface area (Å²) in [5, 5.41) is 3.90. The smallest absolute Gasteiger partial charge is 0.407 e. The molecule has 3 rings (SSSR count). The zero-order valence-corrected chi connectivity index (χ0v) is 17.0. The van der Waals surface area contributed by atoms with E-state index in [0.717, 1.165) is 47.1 Å². The van der Waals surface area contributed by atoms with Crippen LogP contribution >= 0.6 is 0 Å². The number of benzene rings is 1. The van der Waals surface area contributed by atoms with Gasteiger partial charge in [-0.2, -0.15) is 0 Å². The fourth-order valence-electron chi connectivity index (χ4n) is 3.18. The highest BCUT2D eigenvalue weighted by atomic mass is 16.6. The highest BCUT2D eigenvalue weighted by Gasteiger charge is 2.16. The zero-order valence-electron chi connectivity index (χ0n) is 17.0. The van der Waals surface area contributed by atoms with Gasteiger partial charge in [0.25, 0.3) is 0 Å². The number of ether oxygens (including phenoxy) is 2. The molecule has 150 valence electrons. The van der Waals surface area contributed by atoms with E-state index in [1.807, 2.05) is 45.2 Å². The van der Waals surface area contributed by atoms with E-state index in [2.05, 4.69) is 20.9 Å². The molecule has 1 aromatic carbocycles. The van der Waals surface area contributed by atoms with Crippen LogP contribution in [0.4, 0.5) is 4.79 Å². The maximum absolute atomic E-state index is 11.8. The molecule has 3 aromatic rings. The minimum atomic E-state index is -0.496. The van der Waals surface area contributed by atoms with Crippen molar-refractivity contribution < 1.29 is 14.3 Å². The molecule has 0 aliphatic rings. The summed E-state index contributed by atoms with van der Waals surface area (Å²) >= 11 is 0. The topological polar surface area (TPSA) is 78.3 Å². The molecule has 2 heterocycles. The highest BCUT2D eigenvalue weighted by Crippen LogP contribution is 2.25. The van der Waals surface area contributed by atoms with Gasteiger partial charge in [0.15, 0.2) is 0 Å². The van der Waals surface area contributed by atoms with E-state index in [1.54, 1.807) is 7.11 Å². The number of alkyl carbamates (subject to hydrolysis) is 1. The van der Waals surface area contributed by atoms with E-state index in [-0.39, 0.29) is 0 Å². The van der Waals surface area contributed by atoms with Gasteiger partial charge < -0.3 is 19.4 Å². The molecule has 0 saturated carbocycles. The first-order valence-electron chi connectivity index (χ1n) is 9.57. The predicted molar refractivity (Wildman–Crippen MR) is 109 cm³/mol. The molecule has 0 saturated heterocycles. The first kappa shape index (κ1) is 20.1. The Kier molecular flexibility index (Phi) is 6.14. The predicted octanol–water partition coefficient (Wildman–Crippen LogP) is 3.69. The maximum atomic E-state index is 11.8. The van der Waals surface area contributed by atoms with Crippen molar-refractivity contribution in [3.63, 3.8) is 0 Å². The normalized spacial score (nSPS) is 11.9. The second kappa shape index (κ2) is 8.56. The SMILES string of the molecule is COCCc1nc2cnc3ccccc3c2n1CCCNC(=O)OC(C)(C)C. The number of aromatic nitrogens is 3. The Morgan fingerprint density at radius 2 is 2.00 bits per heavy atom. The number of para-hydroxylation sites is 1. The molecule has 7 nitrogen and oxygen atoms in total. The fraction of sp³-hybridized carbons (Fsp3) is 0.476. The van der Waals surface area contributed by atoms with Gasteiger partial charge in [0, 0.05) is 32.0 Å². The van der Waals surface area contributed by atoms with Crippen LogP contribution in [0.2, 0.25) is 0 Å². The van der Waals surface area contributed by atoms with Gasteiger partial charge in [-0.25, -0.2) is 9.78 Å². The van der Waals surface area contributed by atoms with E-state index in [0.29, 0.717) is 13.2 Å². The van der Waals surface area contributed by atoms with Crippen molar-refractivity contribution >= 4 is 28.0 Å². The number of nitrogens with zero attached hydrogens (tertiary/aromatic N) is 3. The Balaban J connectivity index is 1.80. The molecule has 0 fully saturated rings. The number of nitrogens with one attached hydrogen (secondary N) is 1. The first-order chi connectivity index (χ1) is 13.4. The van der Waals surface area contributed by atoms with Gasteiger partial charge in [-0.1, -0.05) is 18.2 Å². The largest absolute Gasteiger partial charge is 0.444 e. The summed E-state index contributed by atoms with van der Waals surface area (Å²) in [6, 6.07) is 8.07. The molecule has 0 unspecified atom stereocenters. The fourth-order valence-corrected chi connectivity index (χ4v) is 3.18. The molecule has 2 aromatic heterocycles. The quantitative estimate of drug-likeness (QED) is 0.629. The summed E-state index contributed by atoms with van der Waals surface area (Å²) in [6.07, 6.45) is 2.92. The van der Waals surface area contributed by atoms with Crippen LogP contribution in [-0.2, 0) is 22.4 Å². The number of aryl methyl sites for hydroxylation is 1. The van der Waals surface area contributed by atoms with Crippen molar-refractivity contribution in [3.8, 4) is 0 Å². The molecule has 0 bridgehead atoms. The molecule has 0 aliphatic heterocycles. The van der Waals surface area contributed by atoms with Gasteiger partial charge in [0.1, 0.15) is 16.9 Å². The van der Waals surface area contributed by atoms with E-state index in [1.165, 1.54) is 0 Å². The van der Waals surface area contributed by atoms with Crippen molar-refractivity contribution in [1.29, 1.82) is 0 Å². The number of hydrogen-bond acceptors (Lipinski definition) is 5. The summed E-state index contributed by atoms with van der Waals surface area (Å²) in [4.78, 5) is 21.1. The molecule has 0 radical (unpaired) electrons. The van der Waals surface area contributed by atoms with Crippen molar-refractivity contribution in [1.82, 2.24) is 19.9 Å². The molecule has 0 spiro atoms. The van der Waals surface area contributed by atoms with Crippen LogP contribution in [0.1, 0.15) is 33.0 Å². The Labute approximate surface area is 165 Å². The Morgan fingerprint density at radius 1 is 1.21 bits per heavy atom. The third kappa shape index (κ3) is 4.78.